The van der Waals surface area contributed by atoms with E-state index in [0.717, 1.165) is 24.3 Å². The first-order valence-electron chi connectivity index (χ1n) is 12.6. The number of hydrogen-bond donors (Lipinski definition) is 10. The summed E-state index contributed by atoms with van der Waals surface area (Å²) in [7, 11) is 0. The van der Waals surface area contributed by atoms with Gasteiger partial charge in [0.1, 0.15) is 65.2 Å². The molecule has 9 atom stereocenters. The molecule has 2 aliphatic heterocycles. The topological polar surface area (TPSA) is 269 Å². The lowest BCUT2D eigenvalue weighted by Crippen LogP contribution is -2.61. The summed E-state index contributed by atoms with van der Waals surface area (Å²) >= 11 is 0. The van der Waals surface area contributed by atoms with Crippen molar-refractivity contribution < 1.29 is 74.4 Å². The monoisotopic (exact) mass is 596 g/mol. The Morgan fingerprint density at radius 1 is 0.786 bits per heavy atom. The number of aliphatic hydroxyl groups excluding tert-OH is 6. The molecule has 0 radical (unpaired) electrons. The van der Waals surface area contributed by atoms with Crippen molar-refractivity contribution in [3.63, 3.8) is 0 Å². The third-order valence-electron chi connectivity index (χ3n) is 6.94. The summed E-state index contributed by atoms with van der Waals surface area (Å²) in [4.78, 5) is 13.5. The highest BCUT2D eigenvalue weighted by molar-refractivity contribution is 5.88. The van der Waals surface area contributed by atoms with Gasteiger partial charge in [0.2, 0.25) is 17.5 Å². The lowest BCUT2D eigenvalue weighted by molar-refractivity contribution is -0.307. The Morgan fingerprint density at radius 2 is 1.50 bits per heavy atom. The Kier molecular flexibility index (Phi) is 8.17. The summed E-state index contributed by atoms with van der Waals surface area (Å²) in [6.45, 7) is -0.970. The fourth-order valence-electron chi connectivity index (χ4n) is 4.61. The molecule has 10 N–H and O–H groups in total. The van der Waals surface area contributed by atoms with Crippen molar-refractivity contribution in [3.8, 4) is 40.1 Å². The maximum atomic E-state index is 13.5. The number of hydrogen-bond acceptors (Lipinski definition) is 16. The van der Waals surface area contributed by atoms with Gasteiger partial charge in [0.05, 0.1) is 13.2 Å². The number of phenolic OH excluding ortho intramolecular Hbond substituents is 4. The third-order valence-corrected chi connectivity index (χ3v) is 6.94. The number of benzene rings is 2. The van der Waals surface area contributed by atoms with Gasteiger partial charge in [-0.3, -0.25) is 4.79 Å². The fraction of sp³-hybridized carbons (Fsp3) is 0.423. The molecule has 2 fully saturated rings. The summed E-state index contributed by atoms with van der Waals surface area (Å²) in [6, 6.07) is 5.23. The van der Waals surface area contributed by atoms with Crippen LogP contribution in [0.4, 0.5) is 0 Å². The smallest absolute Gasteiger partial charge is 0.239 e. The van der Waals surface area contributed by atoms with E-state index in [2.05, 4.69) is 0 Å². The highest BCUT2D eigenvalue weighted by atomic mass is 16.7. The van der Waals surface area contributed by atoms with Gasteiger partial charge in [0.25, 0.3) is 0 Å². The minimum absolute atomic E-state index is 0.0305. The molecular formula is C26H28O16. The van der Waals surface area contributed by atoms with Crippen molar-refractivity contribution in [2.45, 2.75) is 55.3 Å². The van der Waals surface area contributed by atoms with Gasteiger partial charge in [-0.05, 0) is 18.2 Å². The quantitative estimate of drug-likeness (QED) is 0.137. The first-order chi connectivity index (χ1) is 19.9. The van der Waals surface area contributed by atoms with Crippen LogP contribution in [0, 0.1) is 0 Å². The van der Waals surface area contributed by atoms with Crippen LogP contribution in [0.2, 0.25) is 0 Å². The largest absolute Gasteiger partial charge is 0.508 e. The first-order valence-corrected chi connectivity index (χ1v) is 12.6. The molecule has 0 spiro atoms. The van der Waals surface area contributed by atoms with Gasteiger partial charge in [-0.1, -0.05) is 0 Å². The molecule has 3 aromatic rings. The second-order valence-electron chi connectivity index (χ2n) is 9.85. The van der Waals surface area contributed by atoms with E-state index >= 15 is 0 Å². The molecule has 16 heteroatoms. The van der Waals surface area contributed by atoms with Crippen molar-refractivity contribution >= 4 is 11.0 Å². The Morgan fingerprint density at radius 3 is 2.21 bits per heavy atom. The van der Waals surface area contributed by atoms with Gasteiger partial charge in [-0.15, -0.1) is 0 Å². The van der Waals surface area contributed by atoms with Gasteiger partial charge >= 0.3 is 0 Å². The van der Waals surface area contributed by atoms with Crippen molar-refractivity contribution in [1.82, 2.24) is 0 Å². The van der Waals surface area contributed by atoms with Crippen molar-refractivity contribution in [2.24, 2.45) is 0 Å². The van der Waals surface area contributed by atoms with Crippen LogP contribution in [-0.2, 0) is 14.2 Å². The van der Waals surface area contributed by atoms with E-state index < -0.39 is 107 Å². The Hall–Kier alpha value is -3.71. The fourth-order valence-corrected chi connectivity index (χ4v) is 4.61. The molecule has 42 heavy (non-hydrogen) atoms. The zero-order valence-electron chi connectivity index (χ0n) is 21.4. The third kappa shape index (κ3) is 5.42. The normalized spacial score (nSPS) is 31.7. The van der Waals surface area contributed by atoms with E-state index in [1.807, 2.05) is 0 Å². The number of aliphatic hydroxyl groups is 6. The molecule has 2 aliphatic rings. The molecule has 228 valence electrons. The molecule has 0 amide bonds. The van der Waals surface area contributed by atoms with E-state index in [0.29, 0.717) is 0 Å². The van der Waals surface area contributed by atoms with Crippen LogP contribution in [0.15, 0.2) is 39.5 Å². The lowest BCUT2D eigenvalue weighted by atomic mass is 9.99. The molecule has 2 saturated heterocycles. The number of rotatable bonds is 6. The molecular weight excluding hydrogens is 568 g/mol. The summed E-state index contributed by atoms with van der Waals surface area (Å²) in [6.07, 6.45) is -15.1. The highest BCUT2D eigenvalue weighted by Crippen LogP contribution is 2.39. The molecule has 1 aromatic heterocycles. The van der Waals surface area contributed by atoms with Gasteiger partial charge < -0.3 is 74.4 Å². The van der Waals surface area contributed by atoms with Gasteiger partial charge in [-0.25, -0.2) is 0 Å². The predicted octanol–water partition coefficient (Wildman–Crippen LogP) is -2.08. The summed E-state index contributed by atoms with van der Waals surface area (Å²) < 4.78 is 27.5. The number of aromatic hydroxyl groups is 4. The van der Waals surface area contributed by atoms with E-state index in [4.69, 9.17) is 23.4 Å². The zero-order chi connectivity index (χ0) is 30.5. The van der Waals surface area contributed by atoms with Crippen LogP contribution >= 0.6 is 0 Å². The standard InChI is InChI=1S/C26H28O16/c27-9-4-12(30)16-14(5-9)40-23(8-1-2-10(28)11(29)3-8)24(19(16)34)42-26-22(37)20(35)18(33)15(41-26)7-39-25-21(36)17(32)13(31)6-38-25/h1-5,13,15,17-18,20-22,25-33,35-37H,6-7H2/t13-,15-,17-,18-,20-,21-,22-,25+,26+/m1/s1. The first kappa shape index (κ1) is 29.8. The zero-order valence-corrected chi connectivity index (χ0v) is 21.4. The minimum Gasteiger partial charge on any atom is -0.508 e. The number of phenols is 4. The van der Waals surface area contributed by atoms with Crippen LogP contribution in [0.1, 0.15) is 0 Å². The number of ether oxygens (including phenoxy) is 4. The van der Waals surface area contributed by atoms with Gasteiger partial charge in [0, 0.05) is 17.7 Å². The van der Waals surface area contributed by atoms with E-state index in [1.165, 1.54) is 6.07 Å². The van der Waals surface area contributed by atoms with Crippen LogP contribution < -0.4 is 10.2 Å². The summed E-state index contributed by atoms with van der Waals surface area (Å²) in [5.74, 6) is -3.33. The number of fused-ring (bicyclic) bond motifs is 1. The van der Waals surface area contributed by atoms with Crippen LogP contribution in [0.25, 0.3) is 22.3 Å². The van der Waals surface area contributed by atoms with Gasteiger partial charge in [0.15, 0.2) is 23.5 Å². The second kappa shape index (κ2) is 11.5. The van der Waals surface area contributed by atoms with E-state index in [9.17, 15) is 55.9 Å². The molecule has 16 nitrogen and oxygen atoms in total. The van der Waals surface area contributed by atoms with Crippen molar-refractivity contribution in [3.05, 3.63) is 40.6 Å². The van der Waals surface area contributed by atoms with Crippen molar-refractivity contribution in [1.29, 1.82) is 0 Å². The molecule has 0 unspecified atom stereocenters. The maximum Gasteiger partial charge on any atom is 0.239 e. The molecule has 2 aromatic carbocycles. The lowest BCUT2D eigenvalue weighted by Gasteiger charge is -2.41. The minimum atomic E-state index is -1.96. The maximum absolute atomic E-state index is 13.5. The Labute approximate surface area is 235 Å². The van der Waals surface area contributed by atoms with E-state index in [1.54, 1.807) is 0 Å². The molecule has 0 bridgehead atoms. The van der Waals surface area contributed by atoms with Crippen LogP contribution in [0.3, 0.4) is 0 Å². The average Bonchev–Trinajstić information content (AvgIpc) is 2.94. The van der Waals surface area contributed by atoms with Crippen LogP contribution in [-0.4, -0.2) is 120 Å². The molecule has 0 aliphatic carbocycles. The predicted molar refractivity (Wildman–Crippen MR) is 136 cm³/mol. The molecule has 5 rings (SSSR count). The second-order valence-corrected chi connectivity index (χ2v) is 9.85. The molecule has 0 saturated carbocycles. The van der Waals surface area contributed by atoms with Crippen molar-refractivity contribution in [2.75, 3.05) is 13.2 Å². The SMILES string of the molecule is O=c1c(O[C@@H]2O[C@H](CO[C@@H]3OC[C@@H](O)[C@@H](O)[C@H]3O)[C@@H](O)[C@@H](O)[C@H]2O)c(-c2ccc(O)c(O)c2)oc2cc(O)cc(O)c12. The Balaban J connectivity index is 1.48. The summed E-state index contributed by atoms with van der Waals surface area (Å²) in [5, 5.41) is 101. The van der Waals surface area contributed by atoms with Gasteiger partial charge in [-0.2, -0.15) is 0 Å². The van der Waals surface area contributed by atoms with Crippen LogP contribution in [0.5, 0.6) is 28.7 Å². The summed E-state index contributed by atoms with van der Waals surface area (Å²) in [5.41, 5.74) is -1.35. The average molecular weight is 596 g/mol. The Bertz CT molecular complexity index is 1510. The van der Waals surface area contributed by atoms with E-state index in [-0.39, 0.29) is 17.8 Å². The molecule has 3 heterocycles. The highest BCUT2D eigenvalue weighted by Gasteiger charge is 2.47.